The maximum Gasteiger partial charge on any atom is 0.116 e. The fourth-order valence-electron chi connectivity index (χ4n) is 4.31. The Bertz CT molecular complexity index is 400. The van der Waals surface area contributed by atoms with Crippen molar-refractivity contribution in [2.75, 3.05) is 0 Å². The predicted octanol–water partition coefficient (Wildman–Crippen LogP) is 5.27. The highest BCUT2D eigenvalue weighted by atomic mass is 16.3. The van der Waals surface area contributed by atoms with Crippen molar-refractivity contribution < 1.29 is 5.11 Å². The first-order chi connectivity index (χ1) is 9.29. The number of hydrogen-bond donors (Lipinski definition) is 1. The van der Waals surface area contributed by atoms with Crippen LogP contribution in [0.2, 0.25) is 0 Å². The third-order valence-corrected chi connectivity index (χ3v) is 5.25. The number of benzene rings is 1. The fraction of sp³-hybridized carbons (Fsp3) is 0.667. The third kappa shape index (κ3) is 2.52. The highest BCUT2D eigenvalue weighted by molar-refractivity contribution is 5.46. The van der Waals surface area contributed by atoms with Crippen LogP contribution in [0.1, 0.15) is 86.8 Å². The predicted molar refractivity (Wildman–Crippen MR) is 79.9 cm³/mol. The molecule has 19 heavy (non-hydrogen) atoms. The second kappa shape index (κ2) is 5.56. The number of phenolic OH excluding ortho intramolecular Hbond substituents is 1. The first-order valence-electron chi connectivity index (χ1n) is 8.15. The number of phenols is 1. The zero-order valence-corrected chi connectivity index (χ0v) is 12.1. The lowest BCUT2D eigenvalue weighted by atomic mass is 9.83. The first kappa shape index (κ1) is 13.0. The minimum Gasteiger partial charge on any atom is -0.508 e. The molecule has 0 aromatic heterocycles. The zero-order valence-electron chi connectivity index (χ0n) is 12.1. The summed E-state index contributed by atoms with van der Waals surface area (Å²) in [5.74, 6) is 1.92. The van der Waals surface area contributed by atoms with Crippen molar-refractivity contribution in [3.8, 4) is 5.75 Å². The molecule has 0 unspecified atom stereocenters. The molecule has 1 heteroatoms. The molecule has 2 fully saturated rings. The monoisotopic (exact) mass is 258 g/mol. The molecule has 1 aromatic rings. The van der Waals surface area contributed by atoms with Gasteiger partial charge in [0.2, 0.25) is 0 Å². The molecule has 0 aliphatic heterocycles. The highest BCUT2D eigenvalue weighted by Gasteiger charge is 2.25. The van der Waals surface area contributed by atoms with E-state index in [0.29, 0.717) is 17.6 Å². The molecule has 2 aliphatic rings. The van der Waals surface area contributed by atoms with Crippen LogP contribution in [0, 0.1) is 0 Å². The summed E-state index contributed by atoms with van der Waals surface area (Å²) in [6.45, 7) is 2.28. The van der Waals surface area contributed by atoms with E-state index < -0.39 is 0 Å². The molecule has 104 valence electrons. The van der Waals surface area contributed by atoms with E-state index in [0.717, 1.165) is 6.42 Å². The zero-order chi connectivity index (χ0) is 13.2. The van der Waals surface area contributed by atoms with Gasteiger partial charge in [0.05, 0.1) is 0 Å². The summed E-state index contributed by atoms with van der Waals surface area (Å²) in [7, 11) is 0. The van der Waals surface area contributed by atoms with Crippen LogP contribution in [0.3, 0.4) is 0 Å². The van der Waals surface area contributed by atoms with E-state index in [9.17, 15) is 5.11 Å². The van der Waals surface area contributed by atoms with Crippen molar-refractivity contribution in [3.63, 3.8) is 0 Å². The molecular formula is C18H26O. The van der Waals surface area contributed by atoms with Crippen LogP contribution in [-0.2, 0) is 6.42 Å². The number of aromatic hydroxyl groups is 1. The number of rotatable bonds is 3. The van der Waals surface area contributed by atoms with Crippen LogP contribution >= 0.6 is 0 Å². The summed E-state index contributed by atoms with van der Waals surface area (Å²) in [4.78, 5) is 0. The normalized spacial score (nSPS) is 21.3. The van der Waals surface area contributed by atoms with Gasteiger partial charge in [-0.1, -0.05) is 32.6 Å². The van der Waals surface area contributed by atoms with Gasteiger partial charge in [0.25, 0.3) is 0 Å². The van der Waals surface area contributed by atoms with E-state index in [1.165, 1.54) is 62.5 Å². The van der Waals surface area contributed by atoms with Gasteiger partial charge in [-0.15, -0.1) is 0 Å². The van der Waals surface area contributed by atoms with Gasteiger partial charge in [0.1, 0.15) is 5.75 Å². The van der Waals surface area contributed by atoms with Gasteiger partial charge in [-0.3, -0.25) is 0 Å². The van der Waals surface area contributed by atoms with Gasteiger partial charge in [-0.2, -0.15) is 0 Å². The third-order valence-electron chi connectivity index (χ3n) is 5.25. The Labute approximate surface area is 117 Å². The second-order valence-corrected chi connectivity index (χ2v) is 6.42. The van der Waals surface area contributed by atoms with Crippen LogP contribution < -0.4 is 0 Å². The molecule has 1 nitrogen and oxygen atoms in total. The van der Waals surface area contributed by atoms with E-state index in [4.69, 9.17) is 0 Å². The Morgan fingerprint density at radius 1 is 0.895 bits per heavy atom. The van der Waals surface area contributed by atoms with Crippen LogP contribution in [-0.4, -0.2) is 5.11 Å². The Kier molecular flexibility index (Phi) is 3.81. The SMILES string of the molecule is CCc1c(C2CCCC2)cc(O)cc1C1CCCC1. The van der Waals surface area contributed by atoms with E-state index >= 15 is 0 Å². The topological polar surface area (TPSA) is 20.2 Å². The Hall–Kier alpha value is -0.980. The second-order valence-electron chi connectivity index (χ2n) is 6.42. The summed E-state index contributed by atoms with van der Waals surface area (Å²) in [5, 5.41) is 10.1. The molecule has 1 aromatic carbocycles. The van der Waals surface area contributed by atoms with E-state index in [2.05, 4.69) is 19.1 Å². The maximum absolute atomic E-state index is 10.1. The molecule has 2 aliphatic carbocycles. The van der Waals surface area contributed by atoms with E-state index in [-0.39, 0.29) is 0 Å². The van der Waals surface area contributed by atoms with Crippen LogP contribution in [0.25, 0.3) is 0 Å². The minimum absolute atomic E-state index is 0.501. The molecule has 1 N–H and O–H groups in total. The molecule has 0 bridgehead atoms. The molecule has 2 saturated carbocycles. The summed E-state index contributed by atoms with van der Waals surface area (Å²) in [6.07, 6.45) is 11.9. The lowest BCUT2D eigenvalue weighted by Gasteiger charge is -2.22. The van der Waals surface area contributed by atoms with Crippen molar-refractivity contribution >= 4 is 0 Å². The molecule has 0 saturated heterocycles. The van der Waals surface area contributed by atoms with Gasteiger partial charge >= 0.3 is 0 Å². The summed E-state index contributed by atoms with van der Waals surface area (Å²) >= 11 is 0. The lowest BCUT2D eigenvalue weighted by Crippen LogP contribution is -2.05. The standard InChI is InChI=1S/C18H26O/c1-2-16-17(13-7-3-4-8-13)11-15(19)12-18(16)14-9-5-6-10-14/h11-14,19H,2-10H2,1H3. The molecule has 0 radical (unpaired) electrons. The van der Waals surface area contributed by atoms with Gasteiger partial charge in [0, 0.05) is 0 Å². The first-order valence-corrected chi connectivity index (χ1v) is 8.15. The lowest BCUT2D eigenvalue weighted by molar-refractivity contribution is 0.471. The quantitative estimate of drug-likeness (QED) is 0.783. The average molecular weight is 258 g/mol. The van der Waals surface area contributed by atoms with Crippen molar-refractivity contribution in [1.29, 1.82) is 0 Å². The van der Waals surface area contributed by atoms with Crippen molar-refractivity contribution in [2.24, 2.45) is 0 Å². The van der Waals surface area contributed by atoms with Gasteiger partial charge < -0.3 is 5.11 Å². The number of hydrogen-bond acceptors (Lipinski definition) is 1. The van der Waals surface area contributed by atoms with Crippen LogP contribution in [0.4, 0.5) is 0 Å². The van der Waals surface area contributed by atoms with Crippen LogP contribution in [0.15, 0.2) is 12.1 Å². The smallest absolute Gasteiger partial charge is 0.116 e. The van der Waals surface area contributed by atoms with Crippen LogP contribution in [0.5, 0.6) is 5.75 Å². The molecule has 3 rings (SSSR count). The molecular weight excluding hydrogens is 232 g/mol. The van der Waals surface area contributed by atoms with Crippen molar-refractivity contribution in [2.45, 2.75) is 76.5 Å². The summed E-state index contributed by atoms with van der Waals surface area (Å²) < 4.78 is 0. The van der Waals surface area contributed by atoms with Gasteiger partial charge in [-0.05, 0) is 72.8 Å². The highest BCUT2D eigenvalue weighted by Crippen LogP contribution is 2.43. The summed E-state index contributed by atoms with van der Waals surface area (Å²) in [5.41, 5.74) is 4.51. The Morgan fingerprint density at radius 3 is 1.68 bits per heavy atom. The fourth-order valence-corrected chi connectivity index (χ4v) is 4.31. The largest absolute Gasteiger partial charge is 0.508 e. The van der Waals surface area contributed by atoms with E-state index in [1.807, 2.05) is 0 Å². The van der Waals surface area contributed by atoms with Crippen molar-refractivity contribution in [3.05, 3.63) is 28.8 Å². The Morgan fingerprint density at radius 2 is 1.32 bits per heavy atom. The Balaban J connectivity index is 2.02. The minimum atomic E-state index is 0.501. The molecule has 0 amide bonds. The van der Waals surface area contributed by atoms with Crippen molar-refractivity contribution in [1.82, 2.24) is 0 Å². The molecule has 0 atom stereocenters. The molecule has 0 spiro atoms. The molecule has 0 heterocycles. The maximum atomic E-state index is 10.1. The van der Waals surface area contributed by atoms with Gasteiger partial charge in [-0.25, -0.2) is 0 Å². The van der Waals surface area contributed by atoms with Gasteiger partial charge in [0.15, 0.2) is 0 Å². The summed E-state index contributed by atoms with van der Waals surface area (Å²) in [6, 6.07) is 4.13. The van der Waals surface area contributed by atoms with E-state index in [1.54, 1.807) is 5.56 Å². The average Bonchev–Trinajstić information content (AvgIpc) is 3.11.